The zero-order valence-electron chi connectivity index (χ0n) is 9.17. The molecule has 0 saturated heterocycles. The smallest absolute Gasteiger partial charge is 0.0106 e. The number of nitrogens with zero attached hydrogens (tertiary/aromatic N) is 2. The average molecular weight is 200 g/mol. The minimum absolute atomic E-state index is 0.323. The molecule has 0 aromatic heterocycles. The molecular formula is C13H16N2. The molecule has 0 aliphatic carbocycles. The third-order valence-electron chi connectivity index (χ3n) is 2.50. The van der Waals surface area contributed by atoms with Gasteiger partial charge in [-0.1, -0.05) is 24.3 Å². The first kappa shape index (κ1) is 10.1. The van der Waals surface area contributed by atoms with E-state index < -0.39 is 0 Å². The summed E-state index contributed by atoms with van der Waals surface area (Å²) in [5.41, 5.74) is 0. The molecule has 0 fully saturated rings. The van der Waals surface area contributed by atoms with Crippen molar-refractivity contribution in [1.29, 1.82) is 0 Å². The van der Waals surface area contributed by atoms with Gasteiger partial charge in [-0.05, 0) is 24.8 Å². The van der Waals surface area contributed by atoms with Gasteiger partial charge >= 0.3 is 0 Å². The van der Waals surface area contributed by atoms with Crippen molar-refractivity contribution in [3.8, 4) is 0 Å². The lowest BCUT2D eigenvalue weighted by Crippen LogP contribution is -2.13. The molecule has 0 bridgehead atoms. The molecule has 0 aromatic carbocycles. The van der Waals surface area contributed by atoms with Gasteiger partial charge in [0, 0.05) is 32.4 Å². The molecule has 0 saturated carbocycles. The van der Waals surface area contributed by atoms with Crippen molar-refractivity contribution in [3.05, 3.63) is 55.5 Å². The second kappa shape index (κ2) is 4.39. The van der Waals surface area contributed by atoms with Crippen LogP contribution in [0.1, 0.15) is 0 Å². The second-order valence-electron chi connectivity index (χ2n) is 3.92. The summed E-state index contributed by atoms with van der Waals surface area (Å²) in [5.74, 6) is 0.646. The van der Waals surface area contributed by atoms with Crippen LogP contribution in [-0.4, -0.2) is 23.9 Å². The van der Waals surface area contributed by atoms with Crippen LogP contribution in [-0.2, 0) is 0 Å². The summed E-state index contributed by atoms with van der Waals surface area (Å²) in [6.07, 6.45) is 20.4. The van der Waals surface area contributed by atoms with Gasteiger partial charge in [0.25, 0.3) is 0 Å². The van der Waals surface area contributed by atoms with Gasteiger partial charge in [0.05, 0.1) is 0 Å². The summed E-state index contributed by atoms with van der Waals surface area (Å²) in [7, 11) is 4.05. The van der Waals surface area contributed by atoms with E-state index in [1.807, 2.05) is 23.9 Å². The lowest BCUT2D eigenvalue weighted by atomic mass is 9.92. The van der Waals surface area contributed by atoms with Crippen LogP contribution in [0.4, 0.5) is 0 Å². The first-order chi connectivity index (χ1) is 7.24. The molecular weight excluding hydrogens is 184 g/mol. The minimum atomic E-state index is 0.323. The standard InChI is InChI=1S/C13H16N2/c1-14-7-3-12(4-8-14)11-13-5-9-15(2)10-6-13/h3-10,12-13H,1-2H3. The highest BCUT2D eigenvalue weighted by molar-refractivity contribution is 5.19. The molecule has 0 amide bonds. The number of rotatable bonds is 2. The molecule has 15 heavy (non-hydrogen) atoms. The van der Waals surface area contributed by atoms with Crippen LogP contribution in [0.2, 0.25) is 0 Å². The van der Waals surface area contributed by atoms with Crippen molar-refractivity contribution < 1.29 is 0 Å². The van der Waals surface area contributed by atoms with Crippen LogP contribution in [0.5, 0.6) is 0 Å². The fourth-order valence-electron chi connectivity index (χ4n) is 1.59. The predicted molar refractivity (Wildman–Crippen MR) is 62.3 cm³/mol. The van der Waals surface area contributed by atoms with Crippen LogP contribution in [0.3, 0.4) is 0 Å². The third kappa shape index (κ3) is 2.75. The zero-order valence-corrected chi connectivity index (χ0v) is 9.17. The van der Waals surface area contributed by atoms with E-state index in [9.17, 15) is 0 Å². The summed E-state index contributed by atoms with van der Waals surface area (Å²) < 4.78 is 0. The Kier molecular flexibility index (Phi) is 2.95. The van der Waals surface area contributed by atoms with E-state index in [0.29, 0.717) is 11.8 Å². The molecule has 2 heteroatoms. The predicted octanol–water partition coefficient (Wildman–Crippen LogP) is 2.25. The molecule has 0 aromatic rings. The Labute approximate surface area is 91.9 Å². The quantitative estimate of drug-likeness (QED) is 0.674. The number of hydrogen-bond donors (Lipinski definition) is 0. The Morgan fingerprint density at radius 2 is 1.07 bits per heavy atom. The minimum Gasteiger partial charge on any atom is -0.358 e. The van der Waals surface area contributed by atoms with Gasteiger partial charge < -0.3 is 9.80 Å². The molecule has 78 valence electrons. The molecule has 2 heterocycles. The molecule has 0 N–H and O–H groups in total. The van der Waals surface area contributed by atoms with E-state index >= 15 is 0 Å². The molecule has 0 spiro atoms. The highest BCUT2D eigenvalue weighted by Gasteiger charge is 2.12. The largest absolute Gasteiger partial charge is 0.358 e. The maximum absolute atomic E-state index is 3.50. The van der Waals surface area contributed by atoms with Crippen molar-refractivity contribution in [2.45, 2.75) is 0 Å². The zero-order chi connectivity index (χ0) is 10.7. The molecule has 2 nitrogen and oxygen atoms in total. The Morgan fingerprint density at radius 3 is 1.40 bits per heavy atom. The van der Waals surface area contributed by atoms with Gasteiger partial charge in [-0.2, -0.15) is 0 Å². The molecule has 2 radical (unpaired) electrons. The molecule has 0 atom stereocenters. The Bertz CT molecular complexity index is 265. The van der Waals surface area contributed by atoms with Crippen molar-refractivity contribution in [3.63, 3.8) is 0 Å². The van der Waals surface area contributed by atoms with E-state index in [-0.39, 0.29) is 0 Å². The Hall–Kier alpha value is -1.44. The monoisotopic (exact) mass is 200 g/mol. The van der Waals surface area contributed by atoms with Crippen LogP contribution in [0.15, 0.2) is 49.1 Å². The van der Waals surface area contributed by atoms with E-state index in [2.05, 4.69) is 55.5 Å². The fourth-order valence-corrected chi connectivity index (χ4v) is 1.59. The summed E-state index contributed by atoms with van der Waals surface area (Å²) in [5, 5.41) is 0. The Balaban J connectivity index is 1.88. The van der Waals surface area contributed by atoms with E-state index in [1.165, 1.54) is 0 Å². The first-order valence-corrected chi connectivity index (χ1v) is 5.17. The summed E-state index contributed by atoms with van der Waals surface area (Å²) in [4.78, 5) is 4.08. The van der Waals surface area contributed by atoms with Crippen LogP contribution in [0.25, 0.3) is 0 Å². The molecule has 2 rings (SSSR count). The van der Waals surface area contributed by atoms with E-state index in [0.717, 1.165) is 0 Å². The average Bonchev–Trinajstić information content (AvgIpc) is 2.25. The van der Waals surface area contributed by atoms with Crippen LogP contribution < -0.4 is 0 Å². The fraction of sp³-hybridized carbons (Fsp3) is 0.308. The molecule has 2 aliphatic heterocycles. The van der Waals surface area contributed by atoms with E-state index in [1.54, 1.807) is 0 Å². The normalized spacial score (nSPS) is 21.7. The molecule has 2 aliphatic rings. The highest BCUT2D eigenvalue weighted by atomic mass is 15.1. The topological polar surface area (TPSA) is 6.48 Å². The van der Waals surface area contributed by atoms with Gasteiger partial charge in [0.1, 0.15) is 0 Å². The first-order valence-electron chi connectivity index (χ1n) is 5.17. The highest BCUT2D eigenvalue weighted by Crippen LogP contribution is 2.21. The molecule has 0 unspecified atom stereocenters. The van der Waals surface area contributed by atoms with Gasteiger partial charge in [-0.25, -0.2) is 0 Å². The van der Waals surface area contributed by atoms with Gasteiger partial charge in [0.2, 0.25) is 0 Å². The van der Waals surface area contributed by atoms with Gasteiger partial charge in [-0.15, -0.1) is 0 Å². The van der Waals surface area contributed by atoms with Gasteiger partial charge in [-0.3, -0.25) is 0 Å². The third-order valence-corrected chi connectivity index (χ3v) is 2.50. The lowest BCUT2D eigenvalue weighted by Gasteiger charge is -2.21. The lowest BCUT2D eigenvalue weighted by molar-refractivity contribution is 0.578. The van der Waals surface area contributed by atoms with Crippen molar-refractivity contribution in [2.24, 2.45) is 11.8 Å². The summed E-state index contributed by atoms with van der Waals surface area (Å²) in [6.45, 7) is 0. The summed E-state index contributed by atoms with van der Waals surface area (Å²) in [6, 6.07) is 0. The van der Waals surface area contributed by atoms with Gasteiger partial charge in [0.15, 0.2) is 0 Å². The van der Waals surface area contributed by atoms with E-state index in [4.69, 9.17) is 0 Å². The van der Waals surface area contributed by atoms with Crippen molar-refractivity contribution in [2.75, 3.05) is 14.1 Å². The SMILES string of the molecule is CN1C=CC([C]C2C=CN(C)C=C2)C=C1. The second-order valence-corrected chi connectivity index (χ2v) is 3.92. The van der Waals surface area contributed by atoms with Crippen molar-refractivity contribution >= 4 is 0 Å². The Morgan fingerprint density at radius 1 is 0.733 bits per heavy atom. The van der Waals surface area contributed by atoms with Crippen molar-refractivity contribution in [1.82, 2.24) is 9.80 Å². The summed E-state index contributed by atoms with van der Waals surface area (Å²) >= 11 is 0. The van der Waals surface area contributed by atoms with Crippen LogP contribution in [0, 0.1) is 18.3 Å². The van der Waals surface area contributed by atoms with Crippen LogP contribution >= 0.6 is 0 Å². The maximum Gasteiger partial charge on any atom is 0.0106 e. The maximum atomic E-state index is 3.50. The number of allylic oxidation sites excluding steroid dienone is 4. The number of hydrogen-bond acceptors (Lipinski definition) is 2.